The van der Waals surface area contributed by atoms with Crippen molar-refractivity contribution in [1.29, 1.82) is 0 Å². The third-order valence-electron chi connectivity index (χ3n) is 4.60. The topological polar surface area (TPSA) is 24.9 Å². The van der Waals surface area contributed by atoms with Crippen molar-refractivity contribution in [2.45, 2.75) is 44.0 Å². The van der Waals surface area contributed by atoms with Crippen LogP contribution in [-0.4, -0.2) is 16.8 Å². The zero-order valence-corrected chi connectivity index (χ0v) is 12.9. The molecule has 20 heavy (non-hydrogen) atoms. The maximum absolute atomic E-state index is 4.64. The predicted octanol–water partition coefficient (Wildman–Crippen LogP) is 4.40. The van der Waals surface area contributed by atoms with Gasteiger partial charge in [-0.15, -0.1) is 11.8 Å². The summed E-state index contributed by atoms with van der Waals surface area (Å²) in [6, 6.07) is 4.99. The Bertz CT molecular complexity index is 676. The second-order valence-corrected chi connectivity index (χ2v) is 7.26. The number of nitrogens with one attached hydrogen (secondary N) is 1. The summed E-state index contributed by atoms with van der Waals surface area (Å²) in [4.78, 5) is 6.09. The molecule has 1 aromatic carbocycles. The van der Waals surface area contributed by atoms with Crippen molar-refractivity contribution >= 4 is 28.4 Å². The van der Waals surface area contributed by atoms with Crippen molar-refractivity contribution in [3.63, 3.8) is 0 Å². The van der Waals surface area contributed by atoms with Gasteiger partial charge in [0.2, 0.25) is 0 Å². The first-order valence-corrected chi connectivity index (χ1v) is 8.53. The second kappa shape index (κ2) is 4.66. The van der Waals surface area contributed by atoms with E-state index in [1.165, 1.54) is 52.1 Å². The first-order chi connectivity index (χ1) is 9.74. The molecule has 0 radical (unpaired) electrons. The zero-order chi connectivity index (χ0) is 13.7. The number of pyridine rings is 1. The molecule has 1 fully saturated rings. The fourth-order valence-electron chi connectivity index (χ4n) is 3.21. The van der Waals surface area contributed by atoms with Gasteiger partial charge < -0.3 is 5.32 Å². The summed E-state index contributed by atoms with van der Waals surface area (Å²) in [6.07, 6.45) is 5.95. The molecule has 1 aliphatic heterocycles. The van der Waals surface area contributed by atoms with Gasteiger partial charge in [-0.25, -0.2) is 0 Å². The highest BCUT2D eigenvalue weighted by molar-refractivity contribution is 7.99. The molecule has 1 unspecified atom stereocenters. The number of thioether (sulfide) groups is 1. The van der Waals surface area contributed by atoms with Gasteiger partial charge in [0.1, 0.15) is 0 Å². The zero-order valence-electron chi connectivity index (χ0n) is 12.1. The average molecular weight is 284 g/mol. The third kappa shape index (κ3) is 1.99. The Morgan fingerprint density at radius 1 is 1.35 bits per heavy atom. The second-order valence-electron chi connectivity index (χ2n) is 6.12. The molecule has 1 N–H and O–H groups in total. The van der Waals surface area contributed by atoms with E-state index in [1.54, 1.807) is 0 Å². The summed E-state index contributed by atoms with van der Waals surface area (Å²) < 4.78 is 0. The summed E-state index contributed by atoms with van der Waals surface area (Å²) in [5.41, 5.74) is 5.25. The fourth-order valence-corrected chi connectivity index (χ4v) is 4.27. The lowest BCUT2D eigenvalue weighted by Gasteiger charge is -2.19. The van der Waals surface area contributed by atoms with Gasteiger partial charge in [-0.2, -0.15) is 0 Å². The number of aryl methyl sites for hydroxylation is 2. The Hall–Kier alpha value is -1.22. The first kappa shape index (κ1) is 12.5. The monoisotopic (exact) mass is 284 g/mol. The van der Waals surface area contributed by atoms with Gasteiger partial charge >= 0.3 is 0 Å². The lowest BCUT2D eigenvalue weighted by atomic mass is 10.0. The smallest absolute Gasteiger partial charge is 0.0726 e. The van der Waals surface area contributed by atoms with Crippen LogP contribution in [-0.2, 0) is 6.42 Å². The molecule has 4 rings (SSSR count). The predicted molar refractivity (Wildman–Crippen MR) is 86.7 cm³/mol. The molecule has 3 heteroatoms. The number of anilines is 1. The molecule has 0 bridgehead atoms. The number of hydrogen-bond donors (Lipinski definition) is 1. The van der Waals surface area contributed by atoms with Crippen LogP contribution < -0.4 is 5.32 Å². The molecule has 2 nitrogen and oxygen atoms in total. The standard InChI is InChI=1S/C17H20N2S/c1-10-9-18-14-5-6-15-13(7-8-20-15)16(14)17(10)19-11(2)12-3-4-12/h5-6,9,11-12H,3-4,7-8H2,1-2H3,(H,18,19). The lowest BCUT2D eigenvalue weighted by molar-refractivity contribution is 0.694. The quantitative estimate of drug-likeness (QED) is 0.904. The first-order valence-electron chi connectivity index (χ1n) is 7.54. The molecule has 2 aliphatic rings. The third-order valence-corrected chi connectivity index (χ3v) is 5.70. The van der Waals surface area contributed by atoms with Crippen LogP contribution in [0.4, 0.5) is 5.69 Å². The van der Waals surface area contributed by atoms with Gasteiger partial charge in [0, 0.05) is 34.0 Å². The van der Waals surface area contributed by atoms with Crippen LogP contribution in [0.1, 0.15) is 30.9 Å². The number of benzene rings is 1. The maximum atomic E-state index is 4.64. The molecule has 1 aromatic heterocycles. The van der Waals surface area contributed by atoms with Gasteiger partial charge in [-0.05, 0) is 62.3 Å². The summed E-state index contributed by atoms with van der Waals surface area (Å²) >= 11 is 1.98. The average Bonchev–Trinajstić information content (AvgIpc) is 3.19. The summed E-state index contributed by atoms with van der Waals surface area (Å²) in [7, 11) is 0. The maximum Gasteiger partial charge on any atom is 0.0726 e. The van der Waals surface area contributed by atoms with E-state index in [4.69, 9.17) is 0 Å². The Morgan fingerprint density at radius 3 is 3.00 bits per heavy atom. The van der Waals surface area contributed by atoms with Crippen molar-refractivity contribution in [3.05, 3.63) is 29.5 Å². The number of fused-ring (bicyclic) bond motifs is 3. The van der Waals surface area contributed by atoms with E-state index in [1.807, 2.05) is 18.0 Å². The Balaban J connectivity index is 1.88. The number of hydrogen-bond acceptors (Lipinski definition) is 3. The highest BCUT2D eigenvalue weighted by Crippen LogP contribution is 2.41. The van der Waals surface area contributed by atoms with E-state index in [9.17, 15) is 0 Å². The molecule has 2 aromatic rings. The van der Waals surface area contributed by atoms with Crippen LogP contribution in [0.2, 0.25) is 0 Å². The number of nitrogens with zero attached hydrogens (tertiary/aromatic N) is 1. The Labute approximate surface area is 124 Å². The van der Waals surface area contributed by atoms with Crippen LogP contribution in [0.25, 0.3) is 10.9 Å². The van der Waals surface area contributed by atoms with E-state index in [2.05, 4.69) is 36.3 Å². The molecule has 104 valence electrons. The summed E-state index contributed by atoms with van der Waals surface area (Å²) in [5, 5.41) is 5.17. The van der Waals surface area contributed by atoms with Crippen molar-refractivity contribution < 1.29 is 0 Å². The minimum Gasteiger partial charge on any atom is -0.381 e. The molecular weight excluding hydrogens is 264 g/mol. The highest BCUT2D eigenvalue weighted by atomic mass is 32.2. The van der Waals surface area contributed by atoms with Gasteiger partial charge in [0.25, 0.3) is 0 Å². The fraction of sp³-hybridized carbons (Fsp3) is 0.471. The summed E-state index contributed by atoms with van der Waals surface area (Å²) in [5.74, 6) is 2.07. The van der Waals surface area contributed by atoms with Crippen molar-refractivity contribution in [1.82, 2.24) is 4.98 Å². The van der Waals surface area contributed by atoms with Crippen molar-refractivity contribution in [2.75, 3.05) is 11.1 Å². The summed E-state index contributed by atoms with van der Waals surface area (Å²) in [6.45, 7) is 4.50. The molecule has 0 saturated heterocycles. The highest BCUT2D eigenvalue weighted by Gasteiger charge is 2.29. The Morgan fingerprint density at radius 2 is 2.20 bits per heavy atom. The number of aromatic nitrogens is 1. The molecule has 2 heterocycles. The van der Waals surface area contributed by atoms with Gasteiger partial charge in [-0.3, -0.25) is 4.98 Å². The van der Waals surface area contributed by atoms with E-state index in [0.717, 1.165) is 11.4 Å². The van der Waals surface area contributed by atoms with Crippen LogP contribution >= 0.6 is 11.8 Å². The van der Waals surface area contributed by atoms with Crippen molar-refractivity contribution in [2.24, 2.45) is 5.92 Å². The van der Waals surface area contributed by atoms with E-state index >= 15 is 0 Å². The van der Waals surface area contributed by atoms with Crippen LogP contribution in [0.5, 0.6) is 0 Å². The minimum absolute atomic E-state index is 0.573. The molecule has 0 amide bonds. The molecule has 1 aliphatic carbocycles. The molecule has 0 spiro atoms. The van der Waals surface area contributed by atoms with E-state index < -0.39 is 0 Å². The Kier molecular flexibility index (Phi) is 2.92. The van der Waals surface area contributed by atoms with Crippen LogP contribution in [0.15, 0.2) is 23.2 Å². The van der Waals surface area contributed by atoms with Crippen molar-refractivity contribution in [3.8, 4) is 0 Å². The molecule has 1 saturated carbocycles. The SMILES string of the molecule is Cc1cnc2ccc3c(c2c1NC(C)C1CC1)CCS3. The largest absolute Gasteiger partial charge is 0.381 e. The van der Waals surface area contributed by atoms with Gasteiger partial charge in [0.05, 0.1) is 5.52 Å². The molecular formula is C17H20N2S. The van der Waals surface area contributed by atoms with Gasteiger partial charge in [-0.1, -0.05) is 0 Å². The van der Waals surface area contributed by atoms with E-state index in [-0.39, 0.29) is 0 Å². The van der Waals surface area contributed by atoms with Gasteiger partial charge in [0.15, 0.2) is 0 Å². The van der Waals surface area contributed by atoms with E-state index in [0.29, 0.717) is 6.04 Å². The lowest BCUT2D eigenvalue weighted by Crippen LogP contribution is -2.18. The number of rotatable bonds is 3. The normalized spacial score (nSPS) is 19.1. The van der Waals surface area contributed by atoms with Crippen LogP contribution in [0.3, 0.4) is 0 Å². The van der Waals surface area contributed by atoms with Crippen LogP contribution in [0, 0.1) is 12.8 Å². The minimum atomic E-state index is 0.573. The molecule has 1 atom stereocenters.